The Bertz CT molecular complexity index is 476. The summed E-state index contributed by atoms with van der Waals surface area (Å²) in [7, 11) is 1.41. The summed E-state index contributed by atoms with van der Waals surface area (Å²) < 4.78 is 18.5. The summed E-state index contributed by atoms with van der Waals surface area (Å²) in [6, 6.07) is 4.40. The summed E-state index contributed by atoms with van der Waals surface area (Å²) in [5, 5.41) is 0. The van der Waals surface area contributed by atoms with E-state index in [9.17, 15) is 9.18 Å². The third kappa shape index (κ3) is 3.79. The van der Waals surface area contributed by atoms with E-state index in [2.05, 4.69) is 11.8 Å². The molecule has 0 amide bonds. The second-order valence-corrected chi connectivity index (χ2v) is 5.58. The second-order valence-electron chi connectivity index (χ2n) is 5.58. The highest BCUT2D eigenvalue weighted by molar-refractivity contribution is 5.97. The summed E-state index contributed by atoms with van der Waals surface area (Å²) in [6.45, 7) is 4.53. The molecule has 110 valence electrons. The zero-order chi connectivity index (χ0) is 14.5. The van der Waals surface area contributed by atoms with Crippen molar-refractivity contribution in [3.05, 3.63) is 29.6 Å². The standard InChI is InChI=1S/C16H22FNO2/c1-12-4-3-8-18(9-7-12)11-15(19)13-5-6-16(20-2)14(17)10-13/h5-6,10,12H,3-4,7-9,11H2,1-2H3. The number of nitrogens with zero attached hydrogens (tertiary/aromatic N) is 1. The Morgan fingerprint density at radius 1 is 1.40 bits per heavy atom. The highest BCUT2D eigenvalue weighted by atomic mass is 19.1. The fourth-order valence-corrected chi connectivity index (χ4v) is 2.61. The lowest BCUT2D eigenvalue weighted by Gasteiger charge is -2.19. The van der Waals surface area contributed by atoms with Crippen LogP contribution in [0.1, 0.15) is 36.5 Å². The van der Waals surface area contributed by atoms with E-state index in [0.717, 1.165) is 31.8 Å². The number of benzene rings is 1. The SMILES string of the molecule is COc1ccc(C(=O)CN2CCCC(C)CC2)cc1F. The normalized spacial score (nSPS) is 20.4. The molecule has 1 aliphatic heterocycles. The number of rotatable bonds is 4. The molecule has 1 atom stereocenters. The van der Waals surface area contributed by atoms with Crippen LogP contribution in [0.2, 0.25) is 0 Å². The monoisotopic (exact) mass is 279 g/mol. The minimum atomic E-state index is -0.483. The third-order valence-electron chi connectivity index (χ3n) is 3.95. The maximum atomic E-state index is 13.6. The molecule has 1 unspecified atom stereocenters. The number of Topliss-reactive ketones (excluding diaryl/α,β-unsaturated/α-hetero) is 1. The van der Waals surface area contributed by atoms with Gasteiger partial charge in [0.05, 0.1) is 13.7 Å². The average molecular weight is 279 g/mol. The van der Waals surface area contributed by atoms with Crippen molar-refractivity contribution in [2.24, 2.45) is 5.92 Å². The van der Waals surface area contributed by atoms with Crippen LogP contribution < -0.4 is 4.74 Å². The van der Waals surface area contributed by atoms with Gasteiger partial charge in [-0.1, -0.05) is 6.92 Å². The Labute approximate surface area is 119 Å². The molecule has 0 aliphatic carbocycles. The van der Waals surface area contributed by atoms with E-state index in [1.54, 1.807) is 6.07 Å². The van der Waals surface area contributed by atoms with Gasteiger partial charge in [-0.2, -0.15) is 0 Å². The van der Waals surface area contributed by atoms with E-state index in [4.69, 9.17) is 4.74 Å². The van der Waals surface area contributed by atoms with Crippen molar-refractivity contribution in [1.82, 2.24) is 4.90 Å². The van der Waals surface area contributed by atoms with E-state index in [1.807, 2.05) is 0 Å². The predicted molar refractivity (Wildman–Crippen MR) is 76.7 cm³/mol. The van der Waals surface area contributed by atoms with Gasteiger partial charge in [-0.15, -0.1) is 0 Å². The number of carbonyl (C=O) groups is 1. The first-order valence-electron chi connectivity index (χ1n) is 7.19. The molecule has 3 nitrogen and oxygen atoms in total. The van der Waals surface area contributed by atoms with Crippen molar-refractivity contribution in [3.63, 3.8) is 0 Å². The molecule has 4 heteroatoms. The first-order valence-corrected chi connectivity index (χ1v) is 7.19. The number of ether oxygens (including phenoxy) is 1. The Kier molecular flexibility index (Phi) is 5.12. The van der Waals surface area contributed by atoms with Gasteiger partial charge in [-0.3, -0.25) is 9.69 Å². The number of ketones is 1. The first-order chi connectivity index (χ1) is 9.60. The van der Waals surface area contributed by atoms with Gasteiger partial charge in [0, 0.05) is 5.56 Å². The Balaban J connectivity index is 1.99. The van der Waals surface area contributed by atoms with Gasteiger partial charge < -0.3 is 4.74 Å². The maximum Gasteiger partial charge on any atom is 0.176 e. The smallest absolute Gasteiger partial charge is 0.176 e. The summed E-state index contributed by atoms with van der Waals surface area (Å²) in [4.78, 5) is 14.4. The van der Waals surface area contributed by atoms with Crippen LogP contribution in [-0.2, 0) is 0 Å². The van der Waals surface area contributed by atoms with Crippen LogP contribution in [0.3, 0.4) is 0 Å². The van der Waals surface area contributed by atoms with Crippen LogP contribution in [0.4, 0.5) is 4.39 Å². The number of methoxy groups -OCH3 is 1. The van der Waals surface area contributed by atoms with Crippen molar-refractivity contribution < 1.29 is 13.9 Å². The van der Waals surface area contributed by atoms with Gasteiger partial charge >= 0.3 is 0 Å². The molecule has 2 rings (SSSR count). The highest BCUT2D eigenvalue weighted by Crippen LogP contribution is 2.19. The molecule has 0 saturated carbocycles. The fourth-order valence-electron chi connectivity index (χ4n) is 2.61. The highest BCUT2D eigenvalue weighted by Gasteiger charge is 2.18. The van der Waals surface area contributed by atoms with Crippen molar-refractivity contribution in [2.45, 2.75) is 26.2 Å². The van der Waals surface area contributed by atoms with Gasteiger partial charge in [-0.25, -0.2) is 4.39 Å². The molecule has 0 N–H and O–H groups in total. The molecular weight excluding hydrogens is 257 g/mol. The molecule has 1 aromatic carbocycles. The van der Waals surface area contributed by atoms with Crippen LogP contribution >= 0.6 is 0 Å². The van der Waals surface area contributed by atoms with Crippen molar-refractivity contribution in [3.8, 4) is 5.75 Å². The molecule has 0 spiro atoms. The van der Waals surface area contributed by atoms with Gasteiger partial charge in [0.25, 0.3) is 0 Å². The van der Waals surface area contributed by atoms with Crippen molar-refractivity contribution >= 4 is 5.78 Å². The topological polar surface area (TPSA) is 29.5 Å². The molecular formula is C16H22FNO2. The lowest BCUT2D eigenvalue weighted by atomic mass is 10.0. The van der Waals surface area contributed by atoms with E-state index in [1.165, 1.54) is 25.7 Å². The molecule has 0 bridgehead atoms. The van der Waals surface area contributed by atoms with Gasteiger partial charge in [0.15, 0.2) is 17.3 Å². The molecule has 20 heavy (non-hydrogen) atoms. The zero-order valence-corrected chi connectivity index (χ0v) is 12.2. The zero-order valence-electron chi connectivity index (χ0n) is 12.2. The molecule has 0 aromatic heterocycles. The second kappa shape index (κ2) is 6.84. The van der Waals surface area contributed by atoms with E-state index >= 15 is 0 Å². The largest absolute Gasteiger partial charge is 0.494 e. The lowest BCUT2D eigenvalue weighted by molar-refractivity contribution is 0.0932. The Hall–Kier alpha value is -1.42. The first kappa shape index (κ1) is 15.0. The number of likely N-dealkylation sites (tertiary alicyclic amines) is 1. The van der Waals surface area contributed by atoms with E-state index < -0.39 is 5.82 Å². The van der Waals surface area contributed by atoms with Crippen molar-refractivity contribution in [1.29, 1.82) is 0 Å². The minimum Gasteiger partial charge on any atom is -0.494 e. The lowest BCUT2D eigenvalue weighted by Crippen LogP contribution is -2.31. The molecule has 1 fully saturated rings. The number of halogens is 1. The van der Waals surface area contributed by atoms with Gasteiger partial charge in [-0.05, 0) is 56.5 Å². The Morgan fingerprint density at radius 2 is 2.20 bits per heavy atom. The number of hydrogen-bond donors (Lipinski definition) is 0. The van der Waals surface area contributed by atoms with Crippen LogP contribution in [0.25, 0.3) is 0 Å². The molecule has 1 heterocycles. The number of hydrogen-bond acceptors (Lipinski definition) is 3. The van der Waals surface area contributed by atoms with Crippen LogP contribution in [-0.4, -0.2) is 37.4 Å². The summed E-state index contributed by atoms with van der Waals surface area (Å²) in [5.74, 6) is 0.391. The van der Waals surface area contributed by atoms with Crippen LogP contribution in [0.5, 0.6) is 5.75 Å². The molecule has 1 aromatic rings. The van der Waals surface area contributed by atoms with E-state index in [0.29, 0.717) is 12.1 Å². The van der Waals surface area contributed by atoms with Gasteiger partial charge in [0.2, 0.25) is 0 Å². The molecule has 1 aliphatic rings. The quantitative estimate of drug-likeness (QED) is 0.793. The Morgan fingerprint density at radius 3 is 2.90 bits per heavy atom. The predicted octanol–water partition coefficient (Wildman–Crippen LogP) is 3.14. The van der Waals surface area contributed by atoms with Crippen LogP contribution in [0, 0.1) is 11.7 Å². The minimum absolute atomic E-state index is 0.0268. The molecule has 1 saturated heterocycles. The summed E-state index contributed by atoms with van der Waals surface area (Å²) in [5.41, 5.74) is 0.417. The maximum absolute atomic E-state index is 13.6. The summed E-state index contributed by atoms with van der Waals surface area (Å²) in [6.07, 6.45) is 3.48. The number of carbonyl (C=O) groups excluding carboxylic acids is 1. The van der Waals surface area contributed by atoms with E-state index in [-0.39, 0.29) is 11.5 Å². The van der Waals surface area contributed by atoms with Gasteiger partial charge in [0.1, 0.15) is 0 Å². The average Bonchev–Trinajstić information content (AvgIpc) is 2.63. The van der Waals surface area contributed by atoms with Crippen molar-refractivity contribution in [2.75, 3.05) is 26.7 Å². The summed E-state index contributed by atoms with van der Waals surface area (Å²) >= 11 is 0. The van der Waals surface area contributed by atoms with Crippen LogP contribution in [0.15, 0.2) is 18.2 Å². The fraction of sp³-hybridized carbons (Fsp3) is 0.562. The molecule has 0 radical (unpaired) electrons. The third-order valence-corrected chi connectivity index (χ3v) is 3.95.